The van der Waals surface area contributed by atoms with Crippen molar-refractivity contribution in [3.63, 3.8) is 0 Å². The minimum absolute atomic E-state index is 1.05. The molecule has 0 saturated heterocycles. The number of likely N-dealkylation sites (N-methyl/N-ethyl adjacent to an activating group) is 1. The van der Waals surface area contributed by atoms with Gasteiger partial charge in [0.25, 0.3) is 0 Å². The largest absolute Gasteiger partial charge is 0.345 e. The van der Waals surface area contributed by atoms with Crippen LogP contribution in [0.4, 0.5) is 0 Å². The van der Waals surface area contributed by atoms with Gasteiger partial charge in [-0.3, -0.25) is 4.90 Å². The van der Waals surface area contributed by atoms with Gasteiger partial charge in [0.1, 0.15) is 5.82 Å². The Morgan fingerprint density at radius 1 is 1.33 bits per heavy atom. The fourth-order valence-electron chi connectivity index (χ4n) is 1.83. The summed E-state index contributed by atoms with van der Waals surface area (Å²) in [4.78, 5) is 10.2. The normalized spacial score (nSPS) is 12.9. The molecule has 0 saturated carbocycles. The first kappa shape index (κ1) is 13.9. The predicted octanol–water partition coefficient (Wildman–Crippen LogP) is 1.35. The van der Waals surface area contributed by atoms with Gasteiger partial charge >= 0.3 is 0 Å². The Labute approximate surface area is 109 Å². The number of hydrogen-bond acceptors (Lipinski definition) is 2. The van der Waals surface area contributed by atoms with Crippen molar-refractivity contribution in [1.82, 2.24) is 14.9 Å². The van der Waals surface area contributed by atoms with Crippen LogP contribution in [0.1, 0.15) is 24.1 Å². The van der Waals surface area contributed by atoms with Crippen LogP contribution in [0.5, 0.6) is 0 Å². The predicted molar refractivity (Wildman–Crippen MR) is 73.4 cm³/mol. The minimum Gasteiger partial charge on any atom is -0.345 e. The molecule has 2 heterocycles. The smallest absolute Gasteiger partial charge is 0.103 e. The topological polar surface area (TPSA) is 31.9 Å². The molecule has 0 amide bonds. The highest BCUT2D eigenvalue weighted by molar-refractivity contribution is 5.31. The van der Waals surface area contributed by atoms with E-state index < -0.39 is 0 Å². The van der Waals surface area contributed by atoms with Gasteiger partial charge in [-0.2, -0.15) is 0 Å². The summed E-state index contributed by atoms with van der Waals surface area (Å²) in [5.74, 6) is 9.66. The van der Waals surface area contributed by atoms with Gasteiger partial charge in [0.15, 0.2) is 0 Å². The molecule has 92 valence electrons. The lowest BCUT2D eigenvalue weighted by Crippen LogP contribution is -2.30. The molecule has 2 rings (SSSR count). The number of imidazole rings is 1. The molecule has 0 radical (unpaired) electrons. The highest BCUT2D eigenvalue weighted by atomic mass is 15.1. The molecule has 0 fully saturated rings. The van der Waals surface area contributed by atoms with Crippen molar-refractivity contribution in [2.24, 2.45) is 0 Å². The Balaban J connectivity index is 0.000000232. The molecule has 0 aliphatic carbocycles. The molecule has 1 N–H and O–H groups in total. The molecule has 1 aromatic rings. The second-order valence-electron chi connectivity index (χ2n) is 3.90. The Bertz CT molecular complexity index is 511. The van der Waals surface area contributed by atoms with Gasteiger partial charge in [-0.05, 0) is 37.2 Å². The summed E-state index contributed by atoms with van der Waals surface area (Å²) in [5.41, 5.74) is 2.60. The number of rotatable bonds is 1. The number of H-pyrrole nitrogens is 1. The fourth-order valence-corrected chi connectivity index (χ4v) is 1.83. The van der Waals surface area contributed by atoms with Crippen LogP contribution in [0.2, 0.25) is 0 Å². The summed E-state index contributed by atoms with van der Waals surface area (Å²) in [7, 11) is 0. The zero-order chi connectivity index (χ0) is 13.4. The van der Waals surface area contributed by atoms with E-state index in [4.69, 9.17) is 12.8 Å². The van der Waals surface area contributed by atoms with E-state index in [1.165, 1.54) is 11.4 Å². The van der Waals surface area contributed by atoms with Gasteiger partial charge in [0.2, 0.25) is 0 Å². The van der Waals surface area contributed by atoms with Crippen LogP contribution in [0.15, 0.2) is 0 Å². The molecule has 1 aliphatic heterocycles. The van der Waals surface area contributed by atoms with E-state index >= 15 is 0 Å². The number of hydrogen-bond donors (Lipinski definition) is 1. The zero-order valence-electron chi connectivity index (χ0n) is 10.9. The maximum atomic E-state index is 4.70. The van der Waals surface area contributed by atoms with Crippen LogP contribution in [0, 0.1) is 43.5 Å². The van der Waals surface area contributed by atoms with Crippen LogP contribution in [-0.2, 0) is 13.0 Å². The van der Waals surface area contributed by atoms with Crippen molar-refractivity contribution in [1.29, 1.82) is 0 Å². The van der Waals surface area contributed by atoms with E-state index in [2.05, 4.69) is 45.5 Å². The van der Waals surface area contributed by atoms with Crippen LogP contribution in [0.3, 0.4) is 0 Å². The second kappa shape index (κ2) is 7.23. The summed E-state index contributed by atoms with van der Waals surface area (Å²) in [6, 6.07) is 0. The average Bonchev–Trinajstić information content (AvgIpc) is 2.75. The standard InChI is InChI=1S/C9H15N3.C6H2/c1-3-12-5-4-8-9(6-12)11-7(2)10-8;1-3-5-6-4-2/h3-6H2,1-2H3,(H,10,11);1-2H. The Morgan fingerprint density at radius 3 is 2.56 bits per heavy atom. The highest BCUT2D eigenvalue weighted by Crippen LogP contribution is 2.15. The summed E-state index contributed by atoms with van der Waals surface area (Å²) >= 11 is 0. The van der Waals surface area contributed by atoms with Gasteiger partial charge in [-0.25, -0.2) is 4.98 Å². The van der Waals surface area contributed by atoms with Crippen LogP contribution in [0.25, 0.3) is 0 Å². The van der Waals surface area contributed by atoms with Crippen molar-refractivity contribution in [2.45, 2.75) is 26.8 Å². The summed E-state index contributed by atoms with van der Waals surface area (Å²) in [6.45, 7) is 7.57. The number of nitrogens with zero attached hydrogens (tertiary/aromatic N) is 2. The van der Waals surface area contributed by atoms with Crippen LogP contribution >= 0.6 is 0 Å². The first-order valence-electron chi connectivity index (χ1n) is 5.89. The Kier molecular flexibility index (Phi) is 5.59. The van der Waals surface area contributed by atoms with Gasteiger partial charge in [0, 0.05) is 19.5 Å². The molecule has 3 nitrogen and oxygen atoms in total. The minimum atomic E-state index is 1.05. The van der Waals surface area contributed by atoms with Crippen molar-refractivity contribution >= 4 is 0 Å². The molecular formula is C15H17N3. The second-order valence-corrected chi connectivity index (χ2v) is 3.90. The fraction of sp³-hybridized carbons (Fsp3) is 0.400. The van der Waals surface area contributed by atoms with Gasteiger partial charge in [0.05, 0.1) is 11.4 Å². The monoisotopic (exact) mass is 239 g/mol. The van der Waals surface area contributed by atoms with E-state index in [-0.39, 0.29) is 0 Å². The van der Waals surface area contributed by atoms with Crippen LogP contribution < -0.4 is 0 Å². The third-order valence-electron chi connectivity index (χ3n) is 2.68. The molecule has 0 unspecified atom stereocenters. The number of aromatic amines is 1. The molecule has 1 aliphatic rings. The number of aryl methyl sites for hydroxylation is 1. The third-order valence-corrected chi connectivity index (χ3v) is 2.68. The number of aromatic nitrogens is 2. The van der Waals surface area contributed by atoms with Crippen molar-refractivity contribution in [3.8, 4) is 36.5 Å². The van der Waals surface area contributed by atoms with Gasteiger partial charge < -0.3 is 4.98 Å². The number of nitrogens with one attached hydrogen (secondary N) is 1. The zero-order valence-corrected chi connectivity index (χ0v) is 10.9. The summed E-state index contributed by atoms with van der Waals surface area (Å²) < 4.78 is 0. The number of terminal acetylenes is 2. The van der Waals surface area contributed by atoms with E-state index in [0.717, 1.165) is 31.9 Å². The first-order chi connectivity index (χ1) is 8.71. The SMILES string of the molecule is C#CC#CC#C.CCN1CCc2nc(C)[nH]c2C1. The molecular weight excluding hydrogens is 222 g/mol. The molecule has 18 heavy (non-hydrogen) atoms. The van der Waals surface area contributed by atoms with Crippen LogP contribution in [-0.4, -0.2) is 28.0 Å². The van der Waals surface area contributed by atoms with E-state index in [0.29, 0.717) is 0 Å². The van der Waals surface area contributed by atoms with Gasteiger partial charge in [-0.15, -0.1) is 12.8 Å². The average molecular weight is 239 g/mol. The maximum Gasteiger partial charge on any atom is 0.103 e. The summed E-state index contributed by atoms with van der Waals surface area (Å²) in [5, 5.41) is 0. The maximum absolute atomic E-state index is 4.70. The van der Waals surface area contributed by atoms with Crippen molar-refractivity contribution in [3.05, 3.63) is 17.2 Å². The third kappa shape index (κ3) is 4.02. The van der Waals surface area contributed by atoms with Crippen molar-refractivity contribution in [2.75, 3.05) is 13.1 Å². The van der Waals surface area contributed by atoms with Gasteiger partial charge in [-0.1, -0.05) is 6.92 Å². The highest BCUT2D eigenvalue weighted by Gasteiger charge is 2.17. The number of fused-ring (bicyclic) bond motifs is 1. The van der Waals surface area contributed by atoms with E-state index in [1.807, 2.05) is 6.92 Å². The van der Waals surface area contributed by atoms with E-state index in [1.54, 1.807) is 0 Å². The first-order valence-corrected chi connectivity index (χ1v) is 5.89. The lowest BCUT2D eigenvalue weighted by Gasteiger charge is -2.23. The lowest BCUT2D eigenvalue weighted by molar-refractivity contribution is 0.263. The summed E-state index contributed by atoms with van der Waals surface area (Å²) in [6.07, 6.45) is 10.5. The molecule has 0 spiro atoms. The molecule has 3 heteroatoms. The molecule has 1 aromatic heterocycles. The molecule has 0 aromatic carbocycles. The van der Waals surface area contributed by atoms with Crippen molar-refractivity contribution < 1.29 is 0 Å². The molecule has 0 atom stereocenters. The lowest BCUT2D eigenvalue weighted by atomic mass is 10.1. The quantitative estimate of drug-likeness (QED) is 0.750. The van der Waals surface area contributed by atoms with E-state index in [9.17, 15) is 0 Å². The molecule has 0 bridgehead atoms. The Morgan fingerprint density at radius 2 is 2.00 bits per heavy atom. The Hall–Kier alpha value is -2.15.